The van der Waals surface area contributed by atoms with Crippen LogP contribution < -0.4 is 0 Å². The lowest BCUT2D eigenvalue weighted by Crippen LogP contribution is -2.54. The molecule has 0 aliphatic carbocycles. The Bertz CT molecular complexity index is 197. The highest BCUT2D eigenvalue weighted by Crippen LogP contribution is 2.38. The van der Waals surface area contributed by atoms with E-state index in [4.69, 9.17) is 0 Å². The third-order valence-electron chi connectivity index (χ3n) is 3.92. The van der Waals surface area contributed by atoms with Crippen molar-refractivity contribution in [1.82, 2.24) is 4.90 Å². The molecule has 0 spiro atoms. The fourth-order valence-electron chi connectivity index (χ4n) is 3.07. The van der Waals surface area contributed by atoms with Gasteiger partial charge in [0, 0.05) is 12.6 Å². The molecule has 0 aromatic heterocycles. The average Bonchev–Trinajstić information content (AvgIpc) is 2.18. The summed E-state index contributed by atoms with van der Waals surface area (Å²) in [6.45, 7) is 11.3. The lowest BCUT2D eigenvalue weighted by Gasteiger charge is -2.50. The van der Waals surface area contributed by atoms with E-state index >= 15 is 0 Å². The summed E-state index contributed by atoms with van der Waals surface area (Å²) < 4.78 is 0. The van der Waals surface area contributed by atoms with E-state index in [0.29, 0.717) is 0 Å². The van der Waals surface area contributed by atoms with Crippen LogP contribution in [-0.2, 0) is 0 Å². The van der Waals surface area contributed by atoms with Crippen molar-refractivity contribution in [3.05, 3.63) is 12.7 Å². The van der Waals surface area contributed by atoms with Crippen molar-refractivity contribution < 1.29 is 0 Å². The van der Waals surface area contributed by atoms with Gasteiger partial charge in [0.1, 0.15) is 0 Å². The van der Waals surface area contributed by atoms with E-state index in [1.54, 1.807) is 0 Å². The fourth-order valence-corrected chi connectivity index (χ4v) is 3.07. The van der Waals surface area contributed by atoms with E-state index in [1.807, 2.05) is 0 Å². The highest BCUT2D eigenvalue weighted by Gasteiger charge is 2.39. The van der Waals surface area contributed by atoms with E-state index in [1.165, 1.54) is 25.9 Å². The first-order chi connectivity index (χ1) is 6.22. The Balaban J connectivity index is 2.07. The van der Waals surface area contributed by atoms with E-state index in [9.17, 15) is 0 Å². The fraction of sp³-hybridized carbons (Fsp3) is 0.833. The third-order valence-corrected chi connectivity index (χ3v) is 3.92. The number of hydrogen-bond donors (Lipinski definition) is 0. The van der Waals surface area contributed by atoms with Gasteiger partial charge in [0.25, 0.3) is 0 Å². The summed E-state index contributed by atoms with van der Waals surface area (Å²) in [5, 5.41) is 0. The summed E-state index contributed by atoms with van der Waals surface area (Å²) in [5.41, 5.74) is 0. The molecule has 3 aliphatic heterocycles. The van der Waals surface area contributed by atoms with Crippen molar-refractivity contribution in [2.45, 2.75) is 32.7 Å². The molecule has 13 heavy (non-hydrogen) atoms. The molecule has 3 aliphatic rings. The average molecular weight is 179 g/mol. The minimum atomic E-state index is 0.781. The van der Waals surface area contributed by atoms with Gasteiger partial charge in [-0.2, -0.15) is 0 Å². The second-order valence-electron chi connectivity index (χ2n) is 4.99. The molecule has 0 radical (unpaired) electrons. The summed E-state index contributed by atoms with van der Waals surface area (Å²) in [6.07, 6.45) is 4.99. The second-order valence-corrected chi connectivity index (χ2v) is 4.99. The highest BCUT2D eigenvalue weighted by atomic mass is 15.2. The van der Waals surface area contributed by atoms with E-state index in [-0.39, 0.29) is 0 Å². The monoisotopic (exact) mass is 179 g/mol. The van der Waals surface area contributed by atoms with Crippen LogP contribution in [0.1, 0.15) is 26.7 Å². The van der Waals surface area contributed by atoms with Crippen molar-refractivity contribution in [2.24, 2.45) is 17.8 Å². The first kappa shape index (κ1) is 9.26. The van der Waals surface area contributed by atoms with Crippen molar-refractivity contribution in [3.8, 4) is 0 Å². The molecule has 3 rings (SSSR count). The lowest BCUT2D eigenvalue weighted by molar-refractivity contribution is -0.00133. The van der Waals surface area contributed by atoms with Gasteiger partial charge in [-0.25, -0.2) is 0 Å². The van der Waals surface area contributed by atoms with Crippen LogP contribution in [0.3, 0.4) is 0 Å². The molecule has 74 valence electrons. The highest BCUT2D eigenvalue weighted by molar-refractivity contribution is 4.99. The molecule has 2 bridgehead atoms. The van der Waals surface area contributed by atoms with Crippen LogP contribution in [0.4, 0.5) is 0 Å². The zero-order chi connectivity index (χ0) is 9.42. The Hall–Kier alpha value is -0.300. The molecule has 4 unspecified atom stereocenters. The number of fused-ring (bicyclic) bond motifs is 3. The Morgan fingerprint density at radius 2 is 2.23 bits per heavy atom. The van der Waals surface area contributed by atoms with Crippen LogP contribution in [-0.4, -0.2) is 24.0 Å². The quantitative estimate of drug-likeness (QED) is 0.589. The Morgan fingerprint density at radius 1 is 1.46 bits per heavy atom. The van der Waals surface area contributed by atoms with Crippen molar-refractivity contribution in [2.75, 3.05) is 13.1 Å². The summed E-state index contributed by atoms with van der Waals surface area (Å²) in [4.78, 5) is 2.68. The molecule has 3 fully saturated rings. The first-order valence-electron chi connectivity index (χ1n) is 5.59. The zero-order valence-electron chi connectivity index (χ0n) is 8.87. The van der Waals surface area contributed by atoms with E-state index < -0.39 is 0 Å². The Kier molecular flexibility index (Phi) is 2.46. The molecule has 0 amide bonds. The molecule has 0 N–H and O–H groups in total. The second kappa shape index (κ2) is 3.45. The summed E-state index contributed by atoms with van der Waals surface area (Å²) >= 11 is 0. The Morgan fingerprint density at radius 3 is 2.69 bits per heavy atom. The van der Waals surface area contributed by atoms with Crippen LogP contribution in [0.2, 0.25) is 0 Å². The van der Waals surface area contributed by atoms with Crippen LogP contribution in [0.15, 0.2) is 12.7 Å². The lowest BCUT2D eigenvalue weighted by atomic mass is 9.73. The van der Waals surface area contributed by atoms with Gasteiger partial charge in [-0.05, 0) is 37.1 Å². The normalized spacial score (nSPS) is 43.9. The van der Waals surface area contributed by atoms with Gasteiger partial charge in [0.05, 0.1) is 0 Å². The SMILES string of the molecule is C=CC1CN2CCC1CC2C(C)C. The molecule has 0 saturated carbocycles. The van der Waals surface area contributed by atoms with Crippen LogP contribution >= 0.6 is 0 Å². The molecule has 0 aromatic carbocycles. The summed E-state index contributed by atoms with van der Waals surface area (Å²) in [6, 6.07) is 0.856. The van der Waals surface area contributed by atoms with E-state index in [0.717, 1.165) is 23.8 Å². The summed E-state index contributed by atoms with van der Waals surface area (Å²) in [5.74, 6) is 2.55. The molecule has 1 heteroatoms. The van der Waals surface area contributed by atoms with Crippen molar-refractivity contribution >= 4 is 0 Å². The Labute approximate surface area is 81.8 Å². The molecule has 4 atom stereocenters. The molecule has 1 nitrogen and oxygen atoms in total. The van der Waals surface area contributed by atoms with Gasteiger partial charge in [0.2, 0.25) is 0 Å². The topological polar surface area (TPSA) is 3.24 Å². The number of piperidine rings is 3. The van der Waals surface area contributed by atoms with Crippen LogP contribution in [0.5, 0.6) is 0 Å². The van der Waals surface area contributed by atoms with Crippen molar-refractivity contribution in [3.63, 3.8) is 0 Å². The number of rotatable bonds is 2. The molecule has 3 heterocycles. The maximum absolute atomic E-state index is 3.95. The van der Waals surface area contributed by atoms with Gasteiger partial charge >= 0.3 is 0 Å². The van der Waals surface area contributed by atoms with Crippen LogP contribution in [0, 0.1) is 17.8 Å². The van der Waals surface area contributed by atoms with Gasteiger partial charge < -0.3 is 0 Å². The largest absolute Gasteiger partial charge is 0.300 e. The van der Waals surface area contributed by atoms with Gasteiger partial charge in [-0.1, -0.05) is 19.9 Å². The van der Waals surface area contributed by atoms with Crippen molar-refractivity contribution in [1.29, 1.82) is 0 Å². The number of hydrogen-bond acceptors (Lipinski definition) is 1. The predicted molar refractivity (Wildman–Crippen MR) is 56.6 cm³/mol. The molecular weight excluding hydrogens is 158 g/mol. The smallest absolute Gasteiger partial charge is 0.0121 e. The maximum atomic E-state index is 3.95. The van der Waals surface area contributed by atoms with E-state index in [2.05, 4.69) is 31.4 Å². The zero-order valence-corrected chi connectivity index (χ0v) is 8.87. The van der Waals surface area contributed by atoms with Gasteiger partial charge in [-0.15, -0.1) is 6.58 Å². The first-order valence-corrected chi connectivity index (χ1v) is 5.59. The number of nitrogens with zero attached hydrogens (tertiary/aromatic N) is 1. The minimum absolute atomic E-state index is 0.781. The molecule has 0 aromatic rings. The summed E-state index contributed by atoms with van der Waals surface area (Å²) in [7, 11) is 0. The predicted octanol–water partition coefficient (Wildman–Crippen LogP) is 2.54. The van der Waals surface area contributed by atoms with Gasteiger partial charge in [-0.3, -0.25) is 4.90 Å². The minimum Gasteiger partial charge on any atom is -0.300 e. The molecule has 3 saturated heterocycles. The third kappa shape index (κ3) is 1.54. The standard InChI is InChI=1S/C12H21N/c1-4-10-8-13-6-5-11(10)7-12(13)9(2)3/h4,9-12H,1,5-8H2,2-3H3. The molecular formula is C12H21N. The maximum Gasteiger partial charge on any atom is 0.0121 e. The van der Waals surface area contributed by atoms with Crippen LogP contribution in [0.25, 0.3) is 0 Å². The van der Waals surface area contributed by atoms with Gasteiger partial charge in [0.15, 0.2) is 0 Å².